The third-order valence-corrected chi connectivity index (χ3v) is 2.50. The van der Waals surface area contributed by atoms with Crippen LogP contribution in [0.1, 0.15) is 12.0 Å². The van der Waals surface area contributed by atoms with E-state index in [0.29, 0.717) is 6.54 Å². The molecule has 80 valence electrons. The first-order valence-corrected chi connectivity index (χ1v) is 5.22. The van der Waals surface area contributed by atoms with Crippen molar-refractivity contribution in [3.05, 3.63) is 30.1 Å². The first-order chi connectivity index (χ1) is 7.34. The van der Waals surface area contributed by atoms with Crippen LogP contribution in [0, 0.1) is 0 Å². The van der Waals surface area contributed by atoms with Gasteiger partial charge >= 0.3 is 0 Å². The second kappa shape index (κ2) is 4.89. The van der Waals surface area contributed by atoms with Gasteiger partial charge in [0.15, 0.2) is 0 Å². The summed E-state index contributed by atoms with van der Waals surface area (Å²) in [7, 11) is 0. The average Bonchev–Trinajstić information content (AvgIpc) is 2.44. The standard InChI is InChI=1S/C11H15N3O/c15-11-9-14(7-1-4-13-11)8-10-2-5-12-6-3-10/h2-3,5-6H,1,4,7-9H2,(H,13,15). The van der Waals surface area contributed by atoms with Crippen molar-refractivity contribution < 1.29 is 4.79 Å². The monoisotopic (exact) mass is 205 g/mol. The predicted molar refractivity (Wildman–Crippen MR) is 57.1 cm³/mol. The van der Waals surface area contributed by atoms with E-state index in [-0.39, 0.29) is 5.91 Å². The quantitative estimate of drug-likeness (QED) is 0.760. The fourth-order valence-corrected chi connectivity index (χ4v) is 1.75. The first-order valence-electron chi connectivity index (χ1n) is 5.22. The lowest BCUT2D eigenvalue weighted by atomic mass is 10.2. The minimum Gasteiger partial charge on any atom is -0.355 e. The van der Waals surface area contributed by atoms with Gasteiger partial charge in [-0.2, -0.15) is 0 Å². The van der Waals surface area contributed by atoms with Gasteiger partial charge in [0.2, 0.25) is 5.91 Å². The number of carbonyl (C=O) groups is 1. The fraction of sp³-hybridized carbons (Fsp3) is 0.455. The van der Waals surface area contributed by atoms with E-state index >= 15 is 0 Å². The SMILES string of the molecule is O=C1CN(Cc2ccncc2)CCCN1. The molecule has 4 nitrogen and oxygen atoms in total. The molecule has 4 heteroatoms. The van der Waals surface area contributed by atoms with Crippen LogP contribution in [0.2, 0.25) is 0 Å². The summed E-state index contributed by atoms with van der Waals surface area (Å²) in [6.45, 7) is 3.10. The molecule has 1 aliphatic heterocycles. The third kappa shape index (κ3) is 3.02. The van der Waals surface area contributed by atoms with Crippen molar-refractivity contribution in [3.8, 4) is 0 Å². The Hall–Kier alpha value is -1.42. The highest BCUT2D eigenvalue weighted by molar-refractivity contribution is 5.78. The Morgan fingerprint density at radius 1 is 1.40 bits per heavy atom. The summed E-state index contributed by atoms with van der Waals surface area (Å²) >= 11 is 0. The maximum absolute atomic E-state index is 11.3. The van der Waals surface area contributed by atoms with Gasteiger partial charge in [0.1, 0.15) is 0 Å². The molecule has 1 amide bonds. The van der Waals surface area contributed by atoms with Crippen molar-refractivity contribution in [2.24, 2.45) is 0 Å². The van der Waals surface area contributed by atoms with Crippen LogP contribution in [0.25, 0.3) is 0 Å². The fourth-order valence-electron chi connectivity index (χ4n) is 1.75. The topological polar surface area (TPSA) is 45.2 Å². The smallest absolute Gasteiger partial charge is 0.234 e. The van der Waals surface area contributed by atoms with Crippen molar-refractivity contribution >= 4 is 5.91 Å². The summed E-state index contributed by atoms with van der Waals surface area (Å²) in [5, 5.41) is 2.87. The maximum atomic E-state index is 11.3. The van der Waals surface area contributed by atoms with Gasteiger partial charge in [0, 0.05) is 32.0 Å². The van der Waals surface area contributed by atoms with Crippen LogP contribution in [0.15, 0.2) is 24.5 Å². The van der Waals surface area contributed by atoms with E-state index in [1.807, 2.05) is 12.1 Å². The van der Waals surface area contributed by atoms with Crippen LogP contribution in [0.4, 0.5) is 0 Å². The van der Waals surface area contributed by atoms with Crippen LogP contribution >= 0.6 is 0 Å². The average molecular weight is 205 g/mol. The zero-order chi connectivity index (χ0) is 10.5. The molecule has 15 heavy (non-hydrogen) atoms. The van der Waals surface area contributed by atoms with E-state index in [2.05, 4.69) is 15.2 Å². The Kier molecular flexibility index (Phi) is 3.29. The van der Waals surface area contributed by atoms with Gasteiger partial charge in [-0.1, -0.05) is 0 Å². The van der Waals surface area contributed by atoms with Crippen molar-refractivity contribution in [3.63, 3.8) is 0 Å². The van der Waals surface area contributed by atoms with Crippen molar-refractivity contribution in [1.82, 2.24) is 15.2 Å². The highest BCUT2D eigenvalue weighted by Crippen LogP contribution is 2.05. The zero-order valence-electron chi connectivity index (χ0n) is 8.65. The molecule has 2 rings (SSSR count). The van der Waals surface area contributed by atoms with Gasteiger partial charge in [0.05, 0.1) is 6.54 Å². The lowest BCUT2D eigenvalue weighted by molar-refractivity contribution is -0.121. The first kappa shape index (κ1) is 10.1. The van der Waals surface area contributed by atoms with Crippen molar-refractivity contribution in [1.29, 1.82) is 0 Å². The molecule has 0 atom stereocenters. The van der Waals surface area contributed by atoms with Crippen molar-refractivity contribution in [2.45, 2.75) is 13.0 Å². The van der Waals surface area contributed by atoms with Crippen molar-refractivity contribution in [2.75, 3.05) is 19.6 Å². The Balaban J connectivity index is 1.96. The molecule has 2 heterocycles. The van der Waals surface area contributed by atoms with E-state index in [1.165, 1.54) is 5.56 Å². The number of amides is 1. The van der Waals surface area contributed by atoms with Gasteiger partial charge in [-0.3, -0.25) is 14.7 Å². The van der Waals surface area contributed by atoms with E-state index in [0.717, 1.165) is 26.1 Å². The lowest BCUT2D eigenvalue weighted by Crippen LogP contribution is -2.32. The van der Waals surface area contributed by atoms with Gasteiger partial charge in [-0.05, 0) is 24.1 Å². The molecule has 1 saturated heterocycles. The van der Waals surface area contributed by atoms with Crippen LogP contribution in [-0.2, 0) is 11.3 Å². The summed E-state index contributed by atoms with van der Waals surface area (Å²) in [5.74, 6) is 0.126. The highest BCUT2D eigenvalue weighted by atomic mass is 16.2. The van der Waals surface area contributed by atoms with Gasteiger partial charge in [-0.15, -0.1) is 0 Å². The molecule has 0 unspecified atom stereocenters. The number of pyridine rings is 1. The number of carbonyl (C=O) groups excluding carboxylic acids is 1. The third-order valence-electron chi connectivity index (χ3n) is 2.50. The maximum Gasteiger partial charge on any atom is 0.234 e. The number of hydrogen-bond donors (Lipinski definition) is 1. The van der Waals surface area contributed by atoms with E-state index in [4.69, 9.17) is 0 Å². The summed E-state index contributed by atoms with van der Waals surface area (Å²) in [6, 6.07) is 3.98. The normalized spacial score (nSPS) is 18.3. The summed E-state index contributed by atoms with van der Waals surface area (Å²) in [4.78, 5) is 17.5. The minimum absolute atomic E-state index is 0.126. The zero-order valence-corrected chi connectivity index (χ0v) is 8.65. The number of nitrogens with one attached hydrogen (secondary N) is 1. The number of hydrogen-bond acceptors (Lipinski definition) is 3. The second-order valence-corrected chi connectivity index (χ2v) is 3.77. The molecule has 1 aromatic heterocycles. The van der Waals surface area contributed by atoms with Gasteiger partial charge < -0.3 is 5.32 Å². The summed E-state index contributed by atoms with van der Waals surface area (Å²) in [5.41, 5.74) is 1.21. The van der Waals surface area contributed by atoms with Crippen LogP contribution < -0.4 is 5.32 Å². The number of aromatic nitrogens is 1. The lowest BCUT2D eigenvalue weighted by Gasteiger charge is -2.17. The molecule has 0 aliphatic carbocycles. The van der Waals surface area contributed by atoms with Crippen LogP contribution in [0.5, 0.6) is 0 Å². The molecule has 0 saturated carbocycles. The molecule has 0 radical (unpaired) electrons. The predicted octanol–water partition coefficient (Wildman–Crippen LogP) is 0.404. The summed E-state index contributed by atoms with van der Waals surface area (Å²) in [6.07, 6.45) is 4.59. The molecule has 1 aromatic rings. The van der Waals surface area contributed by atoms with E-state index in [9.17, 15) is 4.79 Å². The number of rotatable bonds is 2. The number of nitrogens with zero attached hydrogens (tertiary/aromatic N) is 2. The van der Waals surface area contributed by atoms with E-state index in [1.54, 1.807) is 12.4 Å². The summed E-state index contributed by atoms with van der Waals surface area (Å²) < 4.78 is 0. The molecule has 1 aliphatic rings. The van der Waals surface area contributed by atoms with Gasteiger partial charge in [-0.25, -0.2) is 0 Å². The Bertz CT molecular complexity index is 326. The molecular weight excluding hydrogens is 190 g/mol. The van der Waals surface area contributed by atoms with Crippen LogP contribution in [0.3, 0.4) is 0 Å². The Morgan fingerprint density at radius 3 is 3.00 bits per heavy atom. The molecular formula is C11H15N3O. The highest BCUT2D eigenvalue weighted by Gasteiger charge is 2.14. The molecule has 0 aromatic carbocycles. The Labute approximate surface area is 89.3 Å². The second-order valence-electron chi connectivity index (χ2n) is 3.77. The molecule has 1 N–H and O–H groups in total. The van der Waals surface area contributed by atoms with E-state index < -0.39 is 0 Å². The largest absolute Gasteiger partial charge is 0.355 e. The molecule has 0 spiro atoms. The minimum atomic E-state index is 0.126. The molecule has 0 bridgehead atoms. The Morgan fingerprint density at radius 2 is 2.20 bits per heavy atom. The van der Waals surface area contributed by atoms with Crippen LogP contribution in [-0.4, -0.2) is 35.4 Å². The molecule has 1 fully saturated rings. The van der Waals surface area contributed by atoms with Gasteiger partial charge in [0.25, 0.3) is 0 Å².